The highest BCUT2D eigenvalue weighted by molar-refractivity contribution is 6.28. The van der Waals surface area contributed by atoms with Crippen molar-refractivity contribution in [1.82, 2.24) is 30.8 Å². The minimum Gasteiger partial charge on any atom is -0.311 e. The van der Waals surface area contributed by atoms with Gasteiger partial charge >= 0.3 is 0 Å². The van der Waals surface area contributed by atoms with Crippen LogP contribution in [0.3, 0.4) is 0 Å². The summed E-state index contributed by atoms with van der Waals surface area (Å²) in [6, 6.07) is 10.8. The molecule has 1 aliphatic rings. The fourth-order valence-corrected chi connectivity index (χ4v) is 1.97. The highest BCUT2D eigenvalue weighted by Crippen LogP contribution is 2.09. The van der Waals surface area contributed by atoms with Crippen molar-refractivity contribution >= 4 is 11.6 Å². The van der Waals surface area contributed by atoms with Crippen LogP contribution < -0.4 is 10.6 Å². The van der Waals surface area contributed by atoms with Gasteiger partial charge in [-0.15, -0.1) is 0 Å². The van der Waals surface area contributed by atoms with Crippen LogP contribution in [-0.2, 0) is 0 Å². The van der Waals surface area contributed by atoms with Gasteiger partial charge in [0.05, 0.1) is 5.69 Å². The molecule has 1 aromatic carbocycles. The summed E-state index contributed by atoms with van der Waals surface area (Å²) in [5, 5.41) is 17.7. The van der Waals surface area contributed by atoms with Gasteiger partial charge in [0.25, 0.3) is 0 Å². The van der Waals surface area contributed by atoms with E-state index in [-0.39, 0.29) is 5.28 Å². The van der Waals surface area contributed by atoms with Crippen LogP contribution in [0.1, 0.15) is 13.8 Å². The van der Waals surface area contributed by atoms with Crippen LogP contribution in [0, 0.1) is 0 Å². The molecule has 0 bridgehead atoms. The summed E-state index contributed by atoms with van der Waals surface area (Å²) in [5.41, 5.74) is 0.854. The van der Waals surface area contributed by atoms with E-state index in [1.807, 2.05) is 30.3 Å². The van der Waals surface area contributed by atoms with Crippen molar-refractivity contribution in [3.63, 3.8) is 0 Å². The van der Waals surface area contributed by atoms with E-state index in [2.05, 4.69) is 40.0 Å². The lowest BCUT2D eigenvalue weighted by atomic mass is 10.2. The van der Waals surface area contributed by atoms with Crippen molar-refractivity contribution in [2.45, 2.75) is 25.9 Å². The van der Waals surface area contributed by atoms with E-state index in [1.54, 1.807) is 0 Å². The molecule has 0 saturated carbocycles. The Morgan fingerprint density at radius 3 is 2.15 bits per heavy atom. The first-order chi connectivity index (χ1) is 9.66. The molecule has 2 heterocycles. The van der Waals surface area contributed by atoms with E-state index >= 15 is 0 Å². The van der Waals surface area contributed by atoms with Crippen molar-refractivity contribution in [3.05, 3.63) is 35.6 Å². The van der Waals surface area contributed by atoms with Crippen LogP contribution >= 0.6 is 11.6 Å². The molecule has 0 aliphatic carbocycles. The van der Waals surface area contributed by atoms with Gasteiger partial charge in [0.2, 0.25) is 5.28 Å². The number of nitrogens with one attached hydrogen (secondary N) is 2. The minimum absolute atomic E-state index is 0.265. The molecule has 1 aromatic heterocycles. The van der Waals surface area contributed by atoms with Gasteiger partial charge in [-0.3, -0.25) is 0 Å². The normalized spacial score (nSPS) is 21.9. The van der Waals surface area contributed by atoms with Crippen molar-refractivity contribution < 1.29 is 0 Å². The van der Waals surface area contributed by atoms with Gasteiger partial charge in [-0.25, -0.2) is 0 Å². The van der Waals surface area contributed by atoms with Crippen LogP contribution in [-0.4, -0.2) is 45.4 Å². The van der Waals surface area contributed by atoms with E-state index in [9.17, 15) is 0 Å². The molecule has 1 fully saturated rings. The van der Waals surface area contributed by atoms with Crippen molar-refractivity contribution in [2.75, 3.05) is 13.1 Å². The molecule has 3 rings (SSSR count). The maximum Gasteiger partial charge on any atom is 0.247 e. The van der Waals surface area contributed by atoms with Crippen LogP contribution in [0.25, 0.3) is 5.69 Å². The van der Waals surface area contributed by atoms with Gasteiger partial charge in [-0.1, -0.05) is 23.3 Å². The van der Waals surface area contributed by atoms with E-state index in [0.717, 1.165) is 18.8 Å². The molecule has 0 unspecified atom stereocenters. The Balaban J connectivity index is 0.000000160. The average molecular weight is 295 g/mol. The molecule has 0 spiro atoms. The number of benzene rings is 1. The molecule has 108 valence electrons. The first-order valence-corrected chi connectivity index (χ1v) is 7.00. The number of hydrogen-bond donors (Lipinski definition) is 2. The maximum absolute atomic E-state index is 5.70. The summed E-state index contributed by atoms with van der Waals surface area (Å²) in [5.74, 6) is 0. The molecule has 1 aliphatic heterocycles. The molecule has 2 atom stereocenters. The second-order valence-corrected chi connectivity index (χ2v) is 5.15. The first kappa shape index (κ1) is 14.9. The highest BCUT2D eigenvalue weighted by atomic mass is 35.5. The number of nitrogens with zero attached hydrogens (tertiary/aromatic N) is 4. The average Bonchev–Trinajstić information content (AvgIpc) is 2.90. The molecule has 6 nitrogen and oxygen atoms in total. The molecule has 2 N–H and O–H groups in total. The van der Waals surface area contributed by atoms with Gasteiger partial charge in [0.1, 0.15) is 0 Å². The fraction of sp³-hybridized carbons (Fsp3) is 0.462. The summed E-state index contributed by atoms with van der Waals surface area (Å²) in [6.07, 6.45) is 0. The van der Waals surface area contributed by atoms with E-state index in [0.29, 0.717) is 12.1 Å². The smallest absolute Gasteiger partial charge is 0.247 e. The first-order valence-electron chi connectivity index (χ1n) is 6.63. The van der Waals surface area contributed by atoms with Crippen LogP contribution in [0.4, 0.5) is 0 Å². The molecule has 1 saturated heterocycles. The Kier molecular flexibility index (Phi) is 5.46. The van der Waals surface area contributed by atoms with Gasteiger partial charge in [-0.05, 0) is 48.0 Å². The van der Waals surface area contributed by atoms with Crippen molar-refractivity contribution in [1.29, 1.82) is 0 Å². The zero-order chi connectivity index (χ0) is 14.4. The molecule has 20 heavy (non-hydrogen) atoms. The SMILES string of the molecule is C[C@@H]1CN[C@@H](C)CN1.Clc1nnnn1-c1ccccc1. The third-order valence-corrected chi connectivity index (χ3v) is 3.21. The van der Waals surface area contributed by atoms with Gasteiger partial charge < -0.3 is 10.6 Å². The second-order valence-electron chi connectivity index (χ2n) is 4.81. The van der Waals surface area contributed by atoms with E-state index in [1.165, 1.54) is 4.68 Å². The maximum atomic E-state index is 5.70. The van der Waals surface area contributed by atoms with Gasteiger partial charge in [0, 0.05) is 25.2 Å². The van der Waals surface area contributed by atoms with E-state index in [4.69, 9.17) is 11.6 Å². The minimum atomic E-state index is 0.265. The van der Waals surface area contributed by atoms with Crippen molar-refractivity contribution in [2.24, 2.45) is 0 Å². The van der Waals surface area contributed by atoms with Crippen molar-refractivity contribution in [3.8, 4) is 5.69 Å². The summed E-state index contributed by atoms with van der Waals surface area (Å²) in [7, 11) is 0. The molecular weight excluding hydrogens is 276 g/mol. The Labute approximate surface area is 123 Å². The predicted molar refractivity (Wildman–Crippen MR) is 79.1 cm³/mol. The lowest BCUT2D eigenvalue weighted by molar-refractivity contribution is 0.376. The quantitative estimate of drug-likeness (QED) is 0.829. The van der Waals surface area contributed by atoms with Gasteiger partial charge in [-0.2, -0.15) is 4.68 Å². The molecule has 2 aromatic rings. The van der Waals surface area contributed by atoms with Crippen LogP contribution in [0.5, 0.6) is 0 Å². The lowest BCUT2D eigenvalue weighted by Crippen LogP contribution is -2.51. The Bertz CT molecular complexity index is 497. The Hall–Kier alpha value is -1.50. The third-order valence-electron chi connectivity index (χ3n) is 2.98. The topological polar surface area (TPSA) is 67.7 Å². The number of aromatic nitrogens is 4. The fourth-order valence-electron chi connectivity index (χ4n) is 1.80. The second kappa shape index (κ2) is 7.33. The summed E-state index contributed by atoms with van der Waals surface area (Å²) in [6.45, 7) is 6.61. The largest absolute Gasteiger partial charge is 0.311 e. The molecular formula is C13H19ClN6. The van der Waals surface area contributed by atoms with Gasteiger partial charge in [0.15, 0.2) is 0 Å². The van der Waals surface area contributed by atoms with Crippen LogP contribution in [0.2, 0.25) is 5.28 Å². The standard InChI is InChI=1S/C7H5ClN4.C6H14N2/c8-7-9-10-11-12(7)6-4-2-1-3-5-6;1-5-3-8-6(2)4-7-5/h1-5H;5-8H,3-4H2,1-2H3/t;5-,6+. The summed E-state index contributed by atoms with van der Waals surface area (Å²) in [4.78, 5) is 0. The summed E-state index contributed by atoms with van der Waals surface area (Å²) < 4.78 is 1.46. The van der Waals surface area contributed by atoms with E-state index < -0.39 is 0 Å². The zero-order valence-electron chi connectivity index (χ0n) is 11.6. The zero-order valence-corrected chi connectivity index (χ0v) is 12.4. The highest BCUT2D eigenvalue weighted by Gasteiger charge is 2.10. The number of hydrogen-bond acceptors (Lipinski definition) is 5. The number of tetrazole rings is 1. The Morgan fingerprint density at radius 2 is 1.70 bits per heavy atom. The number of para-hydroxylation sites is 1. The lowest BCUT2D eigenvalue weighted by Gasteiger charge is -2.26. The number of piperazine rings is 1. The molecule has 0 amide bonds. The van der Waals surface area contributed by atoms with Crippen LogP contribution in [0.15, 0.2) is 30.3 Å². The summed E-state index contributed by atoms with van der Waals surface area (Å²) >= 11 is 5.70. The molecule has 7 heteroatoms. The third kappa shape index (κ3) is 4.26. The predicted octanol–water partition coefficient (Wildman–Crippen LogP) is 1.27. The number of halogens is 1. The molecule has 0 radical (unpaired) electrons. The monoisotopic (exact) mass is 294 g/mol. The Morgan fingerprint density at radius 1 is 1.10 bits per heavy atom. The number of rotatable bonds is 1.